The number of esters is 1. The van der Waals surface area contributed by atoms with E-state index in [9.17, 15) is 9.90 Å². The predicted octanol–water partition coefficient (Wildman–Crippen LogP) is 1.80. The van der Waals surface area contributed by atoms with E-state index in [0.717, 1.165) is 10.9 Å². The van der Waals surface area contributed by atoms with Crippen LogP contribution in [-0.4, -0.2) is 47.6 Å². The fourth-order valence-corrected chi connectivity index (χ4v) is 3.00. The summed E-state index contributed by atoms with van der Waals surface area (Å²) in [7, 11) is 1.51. The van der Waals surface area contributed by atoms with Crippen molar-refractivity contribution in [1.82, 2.24) is 9.97 Å². The van der Waals surface area contributed by atoms with Crippen LogP contribution in [0.1, 0.15) is 15.9 Å². The van der Waals surface area contributed by atoms with Crippen LogP contribution < -0.4 is 10.8 Å². The van der Waals surface area contributed by atoms with Crippen molar-refractivity contribution in [2.45, 2.75) is 0 Å². The van der Waals surface area contributed by atoms with Crippen molar-refractivity contribution in [2.24, 2.45) is 4.99 Å². The number of aromatic nitrogens is 2. The summed E-state index contributed by atoms with van der Waals surface area (Å²) in [6, 6.07) is 3.71. The molecular weight excluding hydrogens is 386 g/mol. The number of aromatic amines is 1. The molecule has 0 bridgehead atoms. The summed E-state index contributed by atoms with van der Waals surface area (Å²) in [4.78, 5) is 24.3. The Labute approximate surface area is 171 Å². The van der Waals surface area contributed by atoms with Crippen LogP contribution in [0.3, 0.4) is 0 Å². The van der Waals surface area contributed by atoms with Crippen LogP contribution in [-0.2, 0) is 9.47 Å². The molecule has 0 saturated carbocycles. The van der Waals surface area contributed by atoms with Crippen LogP contribution in [0.15, 0.2) is 58.2 Å². The minimum atomic E-state index is -0.725. The number of nitrogens with one attached hydrogen (secondary N) is 1. The number of pyridine rings is 1. The summed E-state index contributed by atoms with van der Waals surface area (Å²) >= 11 is 0. The topological polar surface area (TPSA) is 110 Å². The third-order valence-electron chi connectivity index (χ3n) is 4.41. The number of aromatic hydroxyl groups is 1. The lowest BCUT2D eigenvalue weighted by atomic mass is 10.2. The third kappa shape index (κ3) is 3.81. The number of hydrogen-bond acceptors (Lipinski definition) is 7. The first-order chi connectivity index (χ1) is 14.7. The number of H-pyrrole nitrogens is 1. The van der Waals surface area contributed by atoms with Gasteiger partial charge in [-0.3, -0.25) is 4.99 Å². The molecule has 3 aromatic heterocycles. The lowest BCUT2D eigenvalue weighted by Crippen LogP contribution is -2.18. The lowest BCUT2D eigenvalue weighted by molar-refractivity contribution is 0.0383. The zero-order valence-electron chi connectivity index (χ0n) is 16.2. The van der Waals surface area contributed by atoms with Gasteiger partial charge in [-0.05, 0) is 30.4 Å². The summed E-state index contributed by atoms with van der Waals surface area (Å²) < 4.78 is 16.0. The monoisotopic (exact) mass is 405 g/mol. The minimum Gasteiger partial charge on any atom is -0.504 e. The highest BCUT2D eigenvalue weighted by Crippen LogP contribution is 2.18. The van der Waals surface area contributed by atoms with Gasteiger partial charge in [0, 0.05) is 36.7 Å². The first-order valence-corrected chi connectivity index (χ1v) is 9.22. The number of ether oxygens (including phenoxy) is 2. The van der Waals surface area contributed by atoms with Crippen LogP contribution in [0.5, 0.6) is 5.75 Å². The van der Waals surface area contributed by atoms with Crippen molar-refractivity contribution in [3.8, 4) is 5.75 Å². The molecule has 1 aliphatic heterocycles. The number of hydrogen-bond donors (Lipinski definition) is 2. The van der Waals surface area contributed by atoms with Crippen LogP contribution in [0, 0.1) is 0 Å². The van der Waals surface area contributed by atoms with Crippen molar-refractivity contribution in [3.63, 3.8) is 0 Å². The van der Waals surface area contributed by atoms with E-state index in [1.54, 1.807) is 49.0 Å². The Bertz CT molecular complexity index is 1280. The van der Waals surface area contributed by atoms with Gasteiger partial charge in [-0.25, -0.2) is 9.78 Å². The normalized spacial score (nSPS) is 15.7. The molecule has 4 rings (SSSR count). The van der Waals surface area contributed by atoms with Crippen molar-refractivity contribution in [3.05, 3.63) is 70.8 Å². The van der Waals surface area contributed by atoms with Crippen LogP contribution >= 0.6 is 0 Å². The maximum Gasteiger partial charge on any atom is 0.346 e. The van der Waals surface area contributed by atoms with Gasteiger partial charge in [-0.1, -0.05) is 12.2 Å². The first-order valence-electron chi connectivity index (χ1n) is 9.22. The Kier molecular flexibility index (Phi) is 5.58. The average Bonchev–Trinajstić information content (AvgIpc) is 3.17. The summed E-state index contributed by atoms with van der Waals surface area (Å²) in [5.41, 5.74) is 1.98. The Hall–Kier alpha value is -3.91. The van der Waals surface area contributed by atoms with E-state index in [1.807, 2.05) is 12.1 Å². The molecule has 0 atom stereocenters. The zero-order valence-corrected chi connectivity index (χ0v) is 16.2. The second-order valence-corrected chi connectivity index (χ2v) is 6.34. The molecule has 8 heteroatoms. The molecule has 0 saturated heterocycles. The molecular formula is C22H19N3O5. The second kappa shape index (κ2) is 8.62. The summed E-state index contributed by atoms with van der Waals surface area (Å²) in [5, 5.41) is 11.7. The molecule has 0 unspecified atom stereocenters. The van der Waals surface area contributed by atoms with Gasteiger partial charge in [-0.2, -0.15) is 0 Å². The standard InChI is InChI=1S/C22H19N3O5/c1-28-10-11-29-22(27)18-19(26)17(30-20(18)16-7-3-2-4-8-23-16)12-14-13-25-21-15(14)6-5-9-24-21/h2-9,12-13,26H,10-11H2,1H3,(H,24,25)/b17-12-,20-16?. The number of carbonyl (C=O) groups excluding carboxylic acids is 1. The predicted molar refractivity (Wildman–Crippen MR) is 112 cm³/mol. The van der Waals surface area contributed by atoms with E-state index >= 15 is 0 Å². The number of aliphatic imine (C=N–C) groups is 1. The van der Waals surface area contributed by atoms with Gasteiger partial charge in [0.05, 0.1) is 6.61 Å². The van der Waals surface area contributed by atoms with E-state index in [1.165, 1.54) is 7.11 Å². The summed E-state index contributed by atoms with van der Waals surface area (Å²) in [6.45, 7) is 0.280. The number of methoxy groups -OCH3 is 1. The number of furan rings is 1. The van der Waals surface area contributed by atoms with Gasteiger partial charge in [0.2, 0.25) is 0 Å². The van der Waals surface area contributed by atoms with Gasteiger partial charge in [0.1, 0.15) is 18.0 Å². The number of fused-ring (bicyclic) bond motifs is 1. The van der Waals surface area contributed by atoms with Crippen LogP contribution in [0.25, 0.3) is 22.8 Å². The number of allylic oxidation sites excluding steroid dienone is 3. The lowest BCUT2D eigenvalue weighted by Gasteiger charge is -2.02. The third-order valence-corrected chi connectivity index (χ3v) is 4.41. The Morgan fingerprint density at radius 3 is 3.07 bits per heavy atom. The SMILES string of the molecule is COCCOC(=O)c1c(O)/c(=C/c2c[nH]c3ncccc23)oc1=C1C=CC=CC=N1. The number of nitrogens with zero attached hydrogens (tertiary/aromatic N) is 2. The molecule has 0 radical (unpaired) electrons. The van der Waals surface area contributed by atoms with Gasteiger partial charge in [-0.15, -0.1) is 0 Å². The molecule has 0 fully saturated rings. The smallest absolute Gasteiger partial charge is 0.346 e. The van der Waals surface area contributed by atoms with E-state index < -0.39 is 5.97 Å². The van der Waals surface area contributed by atoms with Crippen molar-refractivity contribution in [2.75, 3.05) is 20.3 Å². The average molecular weight is 405 g/mol. The highest BCUT2D eigenvalue weighted by atomic mass is 16.6. The van der Waals surface area contributed by atoms with Crippen LogP contribution in [0.2, 0.25) is 0 Å². The molecule has 2 N–H and O–H groups in total. The molecule has 30 heavy (non-hydrogen) atoms. The van der Waals surface area contributed by atoms with E-state index in [4.69, 9.17) is 13.9 Å². The van der Waals surface area contributed by atoms with E-state index in [2.05, 4.69) is 15.0 Å². The molecule has 152 valence electrons. The van der Waals surface area contributed by atoms with Gasteiger partial charge >= 0.3 is 5.97 Å². The molecule has 3 aromatic rings. The van der Waals surface area contributed by atoms with Crippen molar-refractivity contribution >= 4 is 35.0 Å². The van der Waals surface area contributed by atoms with Gasteiger partial charge in [0.15, 0.2) is 22.1 Å². The quantitative estimate of drug-likeness (QED) is 0.495. The second-order valence-electron chi connectivity index (χ2n) is 6.34. The Morgan fingerprint density at radius 1 is 1.30 bits per heavy atom. The minimum absolute atomic E-state index is 0.0442. The zero-order chi connectivity index (χ0) is 20.9. The molecule has 0 amide bonds. The largest absolute Gasteiger partial charge is 0.504 e. The van der Waals surface area contributed by atoms with Crippen LogP contribution in [0.4, 0.5) is 0 Å². The Balaban J connectivity index is 1.90. The molecule has 8 nitrogen and oxygen atoms in total. The van der Waals surface area contributed by atoms with E-state index in [0.29, 0.717) is 11.3 Å². The number of rotatable bonds is 5. The number of carbonyl (C=O) groups is 1. The van der Waals surface area contributed by atoms with Gasteiger partial charge in [0.25, 0.3) is 0 Å². The molecule has 0 aliphatic carbocycles. The highest BCUT2D eigenvalue weighted by Gasteiger charge is 2.22. The molecule has 1 aliphatic rings. The Morgan fingerprint density at radius 2 is 2.20 bits per heavy atom. The molecule has 4 heterocycles. The summed E-state index contributed by atoms with van der Waals surface area (Å²) in [6.07, 6.45) is 13.6. The molecule has 0 spiro atoms. The van der Waals surface area contributed by atoms with Crippen molar-refractivity contribution in [1.29, 1.82) is 0 Å². The maximum absolute atomic E-state index is 12.7. The fourth-order valence-electron chi connectivity index (χ4n) is 3.00. The first kappa shape index (κ1) is 19.4. The molecule has 0 aromatic carbocycles. The highest BCUT2D eigenvalue weighted by molar-refractivity contribution is 5.94. The van der Waals surface area contributed by atoms with Gasteiger partial charge < -0.3 is 24.0 Å². The maximum atomic E-state index is 12.7. The fraction of sp³-hybridized carbons (Fsp3) is 0.136. The van der Waals surface area contributed by atoms with E-state index in [-0.39, 0.29) is 35.4 Å². The summed E-state index contributed by atoms with van der Waals surface area (Å²) in [5.74, 6) is -1.05. The van der Waals surface area contributed by atoms with Crippen molar-refractivity contribution < 1.29 is 23.8 Å².